The molecule has 2 heterocycles. The lowest BCUT2D eigenvalue weighted by Crippen LogP contribution is -2.12. The summed E-state index contributed by atoms with van der Waals surface area (Å²) in [5.74, 6) is 0.756. The van der Waals surface area contributed by atoms with Gasteiger partial charge in [0.05, 0.1) is 12.3 Å². The summed E-state index contributed by atoms with van der Waals surface area (Å²) in [6.07, 6.45) is 2.77. The van der Waals surface area contributed by atoms with Gasteiger partial charge in [-0.15, -0.1) is 11.3 Å². The average Bonchev–Trinajstić information content (AvgIpc) is 3.09. The highest BCUT2D eigenvalue weighted by Gasteiger charge is 2.08. The molecule has 1 N–H and O–H groups in total. The number of para-hydroxylation sites is 1. The van der Waals surface area contributed by atoms with E-state index in [9.17, 15) is 4.79 Å². The molecule has 0 aliphatic rings. The van der Waals surface area contributed by atoms with Crippen LogP contribution < -0.4 is 10.1 Å². The first-order valence-corrected chi connectivity index (χ1v) is 8.54. The summed E-state index contributed by atoms with van der Waals surface area (Å²) in [6, 6.07) is 15.2. The number of nitrogens with zero attached hydrogens (tertiary/aromatic N) is 2. The van der Waals surface area contributed by atoms with Crippen molar-refractivity contribution in [2.24, 2.45) is 0 Å². The van der Waals surface area contributed by atoms with E-state index in [4.69, 9.17) is 4.74 Å². The SMILES string of the molecule is O=C(CCCOc1ccccc1)Nc1nc(-c2ccccn2)cs1. The fourth-order valence-corrected chi connectivity index (χ4v) is 2.80. The van der Waals surface area contributed by atoms with Gasteiger partial charge >= 0.3 is 0 Å². The molecule has 0 radical (unpaired) electrons. The fourth-order valence-electron chi connectivity index (χ4n) is 2.08. The second kappa shape index (κ2) is 8.21. The minimum absolute atomic E-state index is 0.0615. The lowest BCUT2D eigenvalue weighted by molar-refractivity contribution is -0.116. The van der Waals surface area contributed by atoms with Crippen LogP contribution in [0.1, 0.15) is 12.8 Å². The summed E-state index contributed by atoms with van der Waals surface area (Å²) in [4.78, 5) is 20.6. The van der Waals surface area contributed by atoms with Crippen LogP contribution in [0, 0.1) is 0 Å². The van der Waals surface area contributed by atoms with Crippen LogP contribution in [-0.4, -0.2) is 22.5 Å². The Morgan fingerprint density at radius 3 is 2.71 bits per heavy atom. The quantitative estimate of drug-likeness (QED) is 0.661. The molecule has 0 bridgehead atoms. The fraction of sp³-hybridized carbons (Fsp3) is 0.167. The summed E-state index contributed by atoms with van der Waals surface area (Å²) in [5.41, 5.74) is 1.56. The zero-order valence-electron chi connectivity index (χ0n) is 13.0. The minimum atomic E-state index is -0.0615. The summed E-state index contributed by atoms with van der Waals surface area (Å²) in [7, 11) is 0. The van der Waals surface area contributed by atoms with Crippen molar-refractivity contribution < 1.29 is 9.53 Å². The van der Waals surface area contributed by atoms with Crippen molar-refractivity contribution in [3.05, 3.63) is 60.1 Å². The van der Waals surface area contributed by atoms with Crippen LogP contribution in [-0.2, 0) is 4.79 Å². The Labute approximate surface area is 144 Å². The van der Waals surface area contributed by atoms with E-state index in [2.05, 4.69) is 15.3 Å². The molecule has 0 aliphatic heterocycles. The van der Waals surface area contributed by atoms with Crippen molar-refractivity contribution in [1.82, 2.24) is 9.97 Å². The molecule has 0 fully saturated rings. The first kappa shape index (κ1) is 16.1. The van der Waals surface area contributed by atoms with Crippen LogP contribution in [0.2, 0.25) is 0 Å². The van der Waals surface area contributed by atoms with Gasteiger partial charge in [0.15, 0.2) is 5.13 Å². The Morgan fingerprint density at radius 1 is 1.08 bits per heavy atom. The van der Waals surface area contributed by atoms with Gasteiger partial charge in [-0.1, -0.05) is 24.3 Å². The van der Waals surface area contributed by atoms with Crippen LogP contribution in [0.25, 0.3) is 11.4 Å². The number of hydrogen-bond donors (Lipinski definition) is 1. The number of carbonyl (C=O) groups excluding carboxylic acids is 1. The van der Waals surface area contributed by atoms with Crippen molar-refractivity contribution in [3.8, 4) is 17.1 Å². The second-order valence-corrected chi connectivity index (χ2v) is 5.92. The number of carbonyl (C=O) groups is 1. The maximum Gasteiger partial charge on any atom is 0.226 e. The van der Waals surface area contributed by atoms with Crippen LogP contribution in [0.4, 0.5) is 5.13 Å². The number of hydrogen-bond acceptors (Lipinski definition) is 5. The number of nitrogens with one attached hydrogen (secondary N) is 1. The lowest BCUT2D eigenvalue weighted by Gasteiger charge is -2.05. The van der Waals surface area contributed by atoms with Crippen LogP contribution in [0.15, 0.2) is 60.1 Å². The molecule has 24 heavy (non-hydrogen) atoms. The van der Waals surface area contributed by atoms with Gasteiger partial charge in [0, 0.05) is 18.0 Å². The molecule has 0 aliphatic carbocycles. The van der Waals surface area contributed by atoms with Crippen molar-refractivity contribution in [3.63, 3.8) is 0 Å². The van der Waals surface area contributed by atoms with E-state index in [-0.39, 0.29) is 5.91 Å². The third kappa shape index (κ3) is 4.63. The van der Waals surface area contributed by atoms with E-state index in [0.29, 0.717) is 24.6 Å². The minimum Gasteiger partial charge on any atom is -0.494 e. The first-order chi connectivity index (χ1) is 11.8. The monoisotopic (exact) mass is 339 g/mol. The number of ether oxygens (including phenoxy) is 1. The Hall–Kier alpha value is -2.73. The molecule has 0 spiro atoms. The summed E-state index contributed by atoms with van der Waals surface area (Å²) >= 11 is 1.39. The molecule has 0 atom stereocenters. The number of thiazole rings is 1. The number of aromatic nitrogens is 2. The number of pyridine rings is 1. The van der Waals surface area contributed by atoms with Gasteiger partial charge in [0.1, 0.15) is 11.4 Å². The van der Waals surface area contributed by atoms with Crippen LogP contribution in [0.5, 0.6) is 5.75 Å². The van der Waals surface area contributed by atoms with Gasteiger partial charge in [0.2, 0.25) is 5.91 Å². The summed E-state index contributed by atoms with van der Waals surface area (Å²) in [5, 5.41) is 5.29. The molecule has 1 amide bonds. The first-order valence-electron chi connectivity index (χ1n) is 7.66. The van der Waals surface area contributed by atoms with Gasteiger partial charge in [-0.2, -0.15) is 0 Å². The average molecular weight is 339 g/mol. The van der Waals surface area contributed by atoms with Crippen LogP contribution >= 0.6 is 11.3 Å². The predicted octanol–water partition coefficient (Wildman–Crippen LogP) is 4.00. The highest BCUT2D eigenvalue weighted by atomic mass is 32.1. The third-order valence-electron chi connectivity index (χ3n) is 3.24. The Kier molecular flexibility index (Phi) is 5.52. The number of rotatable bonds is 7. The van der Waals surface area contributed by atoms with E-state index in [0.717, 1.165) is 17.1 Å². The van der Waals surface area contributed by atoms with Gasteiger partial charge in [-0.05, 0) is 30.7 Å². The molecule has 0 saturated carbocycles. The van der Waals surface area contributed by atoms with Crippen molar-refractivity contribution in [1.29, 1.82) is 0 Å². The normalized spacial score (nSPS) is 10.3. The van der Waals surface area contributed by atoms with E-state index in [1.165, 1.54) is 11.3 Å². The van der Waals surface area contributed by atoms with E-state index in [1.807, 2.05) is 53.9 Å². The smallest absolute Gasteiger partial charge is 0.226 e. The standard InChI is InChI=1S/C18H17N3O2S/c22-17(10-6-12-23-14-7-2-1-3-8-14)21-18-20-16(13-24-18)15-9-4-5-11-19-15/h1-5,7-9,11,13H,6,10,12H2,(H,20,21,22). The Balaban J connectivity index is 1.43. The molecule has 0 saturated heterocycles. The number of benzene rings is 1. The highest BCUT2D eigenvalue weighted by Crippen LogP contribution is 2.23. The molecule has 6 heteroatoms. The predicted molar refractivity (Wildman–Crippen MR) is 95.1 cm³/mol. The molecule has 2 aromatic heterocycles. The zero-order valence-corrected chi connectivity index (χ0v) is 13.8. The van der Waals surface area contributed by atoms with Crippen molar-refractivity contribution in [2.45, 2.75) is 12.8 Å². The van der Waals surface area contributed by atoms with Crippen molar-refractivity contribution >= 4 is 22.4 Å². The molecule has 3 aromatic rings. The molecular formula is C18H17N3O2S. The largest absolute Gasteiger partial charge is 0.494 e. The van der Waals surface area contributed by atoms with E-state index in [1.54, 1.807) is 6.20 Å². The van der Waals surface area contributed by atoms with Crippen molar-refractivity contribution in [2.75, 3.05) is 11.9 Å². The summed E-state index contributed by atoms with van der Waals surface area (Å²) < 4.78 is 5.57. The molecule has 0 unspecified atom stereocenters. The molecule has 1 aromatic carbocycles. The maximum atomic E-state index is 12.0. The maximum absolute atomic E-state index is 12.0. The Bertz CT molecular complexity index is 775. The molecular weight excluding hydrogens is 322 g/mol. The molecule has 3 rings (SSSR count). The highest BCUT2D eigenvalue weighted by molar-refractivity contribution is 7.14. The second-order valence-electron chi connectivity index (χ2n) is 5.07. The Morgan fingerprint density at radius 2 is 1.92 bits per heavy atom. The van der Waals surface area contributed by atoms with Crippen LogP contribution in [0.3, 0.4) is 0 Å². The zero-order chi connectivity index (χ0) is 16.6. The lowest BCUT2D eigenvalue weighted by atomic mass is 10.3. The number of amides is 1. The summed E-state index contributed by atoms with van der Waals surface area (Å²) in [6.45, 7) is 0.508. The molecule has 122 valence electrons. The van der Waals surface area contributed by atoms with Gasteiger partial charge in [-0.3, -0.25) is 9.78 Å². The van der Waals surface area contributed by atoms with Gasteiger partial charge < -0.3 is 10.1 Å². The van der Waals surface area contributed by atoms with Gasteiger partial charge in [-0.25, -0.2) is 4.98 Å². The third-order valence-corrected chi connectivity index (χ3v) is 4.00. The van der Waals surface area contributed by atoms with E-state index < -0.39 is 0 Å². The molecule has 5 nitrogen and oxygen atoms in total. The van der Waals surface area contributed by atoms with Gasteiger partial charge in [0.25, 0.3) is 0 Å². The topological polar surface area (TPSA) is 64.1 Å². The number of anilines is 1. The van der Waals surface area contributed by atoms with E-state index >= 15 is 0 Å².